The average Bonchev–Trinajstić information content (AvgIpc) is 2.71. The third-order valence-electron chi connectivity index (χ3n) is 3.69. The zero-order valence-electron chi connectivity index (χ0n) is 15.9. The Morgan fingerprint density at radius 1 is 0.857 bits per heavy atom. The summed E-state index contributed by atoms with van der Waals surface area (Å²) in [5, 5.41) is 16.8. The number of oxime groups is 2. The molecule has 148 valence electrons. The van der Waals surface area contributed by atoms with Crippen LogP contribution >= 0.6 is 0 Å². The van der Waals surface area contributed by atoms with Gasteiger partial charge in [-0.25, -0.2) is 0 Å². The van der Waals surface area contributed by atoms with Crippen LogP contribution in [0.3, 0.4) is 0 Å². The predicted octanol–water partition coefficient (Wildman–Crippen LogP) is 2.95. The first kappa shape index (κ1) is 20.8. The molecule has 0 saturated carbocycles. The Labute approximate surface area is 163 Å². The Morgan fingerprint density at radius 2 is 1.36 bits per heavy atom. The van der Waals surface area contributed by atoms with Gasteiger partial charge in [0.2, 0.25) is 0 Å². The van der Waals surface area contributed by atoms with Crippen molar-refractivity contribution in [2.75, 3.05) is 27.9 Å². The minimum Gasteiger partial charge on any atom is -0.497 e. The number of carboxylic acid groups (broad SMARTS) is 1. The molecular weight excluding hydrogens is 364 g/mol. The molecule has 0 heterocycles. The van der Waals surface area contributed by atoms with E-state index in [1.54, 1.807) is 14.2 Å². The summed E-state index contributed by atoms with van der Waals surface area (Å²) in [6, 6.07) is 14.7. The molecule has 1 N–H and O–H groups in total. The SMILES string of the molecule is CON=C(CON=C(c1ccc(OC)cc1)c1ccc(OC)cc1)CC(=O)O. The Kier molecular flexibility index (Phi) is 7.83. The summed E-state index contributed by atoms with van der Waals surface area (Å²) in [5.41, 5.74) is 2.38. The van der Waals surface area contributed by atoms with Crippen LogP contribution in [0, 0.1) is 0 Å². The fourth-order valence-corrected chi connectivity index (χ4v) is 2.35. The Balaban J connectivity index is 2.29. The first-order valence-corrected chi connectivity index (χ1v) is 8.37. The van der Waals surface area contributed by atoms with Gasteiger partial charge in [0, 0.05) is 11.1 Å². The van der Waals surface area contributed by atoms with E-state index in [-0.39, 0.29) is 18.7 Å². The third kappa shape index (κ3) is 6.01. The first-order chi connectivity index (χ1) is 13.6. The number of hydrogen-bond donors (Lipinski definition) is 1. The number of carbonyl (C=O) groups is 1. The van der Waals surface area contributed by atoms with Crippen molar-refractivity contribution in [3.8, 4) is 11.5 Å². The van der Waals surface area contributed by atoms with Crippen molar-refractivity contribution in [1.29, 1.82) is 0 Å². The summed E-state index contributed by atoms with van der Waals surface area (Å²) in [5.74, 6) is 0.401. The van der Waals surface area contributed by atoms with Crippen LogP contribution in [-0.2, 0) is 14.5 Å². The molecule has 8 nitrogen and oxygen atoms in total. The van der Waals surface area contributed by atoms with E-state index in [1.165, 1.54) is 7.11 Å². The number of methoxy groups -OCH3 is 2. The molecule has 0 unspecified atom stereocenters. The topological polar surface area (TPSA) is 98.9 Å². The molecule has 0 aliphatic rings. The molecule has 0 fully saturated rings. The highest BCUT2D eigenvalue weighted by molar-refractivity contribution is 6.12. The van der Waals surface area contributed by atoms with Crippen LogP contribution in [0.4, 0.5) is 0 Å². The third-order valence-corrected chi connectivity index (χ3v) is 3.69. The smallest absolute Gasteiger partial charge is 0.309 e. The van der Waals surface area contributed by atoms with Gasteiger partial charge in [0.1, 0.15) is 30.0 Å². The first-order valence-electron chi connectivity index (χ1n) is 8.37. The molecule has 0 atom stereocenters. The van der Waals surface area contributed by atoms with E-state index >= 15 is 0 Å². The number of nitrogens with zero attached hydrogens (tertiary/aromatic N) is 2. The van der Waals surface area contributed by atoms with Crippen molar-refractivity contribution in [3.05, 3.63) is 59.7 Å². The van der Waals surface area contributed by atoms with E-state index < -0.39 is 5.97 Å². The zero-order valence-corrected chi connectivity index (χ0v) is 15.9. The highest BCUT2D eigenvalue weighted by atomic mass is 16.6. The maximum Gasteiger partial charge on any atom is 0.309 e. The minimum absolute atomic E-state index is 0.115. The summed E-state index contributed by atoms with van der Waals surface area (Å²) < 4.78 is 10.4. The number of carboxylic acids is 1. The van der Waals surface area contributed by atoms with Crippen LogP contribution < -0.4 is 9.47 Å². The monoisotopic (exact) mass is 386 g/mol. The zero-order chi connectivity index (χ0) is 20.4. The normalized spacial score (nSPS) is 10.8. The Bertz CT molecular complexity index is 779. The van der Waals surface area contributed by atoms with Crippen molar-refractivity contribution in [2.45, 2.75) is 6.42 Å². The van der Waals surface area contributed by atoms with Gasteiger partial charge in [-0.1, -0.05) is 10.3 Å². The molecule has 8 heteroatoms. The number of hydrogen-bond acceptors (Lipinski definition) is 7. The molecule has 0 bridgehead atoms. The fourth-order valence-electron chi connectivity index (χ4n) is 2.35. The Morgan fingerprint density at radius 3 is 1.75 bits per heavy atom. The van der Waals surface area contributed by atoms with Gasteiger partial charge < -0.3 is 24.3 Å². The second-order valence-corrected chi connectivity index (χ2v) is 5.58. The van der Waals surface area contributed by atoms with E-state index in [1.807, 2.05) is 48.5 Å². The van der Waals surface area contributed by atoms with E-state index in [2.05, 4.69) is 15.1 Å². The highest BCUT2D eigenvalue weighted by Gasteiger charge is 2.11. The molecule has 28 heavy (non-hydrogen) atoms. The summed E-state index contributed by atoms with van der Waals surface area (Å²) >= 11 is 0. The van der Waals surface area contributed by atoms with Gasteiger partial charge in [-0.3, -0.25) is 4.79 Å². The average molecular weight is 386 g/mol. The minimum atomic E-state index is -1.03. The number of rotatable bonds is 10. The van der Waals surface area contributed by atoms with Gasteiger partial charge in [-0.2, -0.15) is 0 Å². The van der Waals surface area contributed by atoms with Gasteiger partial charge in [-0.15, -0.1) is 0 Å². The number of ether oxygens (including phenoxy) is 2. The van der Waals surface area contributed by atoms with Gasteiger partial charge in [-0.05, 0) is 48.5 Å². The van der Waals surface area contributed by atoms with Crippen LogP contribution in [0.5, 0.6) is 11.5 Å². The van der Waals surface area contributed by atoms with Crippen LogP contribution in [0.25, 0.3) is 0 Å². The van der Waals surface area contributed by atoms with E-state index in [4.69, 9.17) is 19.4 Å². The lowest BCUT2D eigenvalue weighted by atomic mass is 10.0. The molecular formula is C20H22N2O6. The molecule has 2 aromatic carbocycles. The van der Waals surface area contributed by atoms with Crippen molar-refractivity contribution in [1.82, 2.24) is 0 Å². The summed E-state index contributed by atoms with van der Waals surface area (Å²) in [4.78, 5) is 20.9. The number of aliphatic carboxylic acids is 1. The molecule has 0 spiro atoms. The molecule has 0 radical (unpaired) electrons. The lowest BCUT2D eigenvalue weighted by molar-refractivity contribution is -0.135. The van der Waals surface area contributed by atoms with Gasteiger partial charge >= 0.3 is 5.97 Å². The fraction of sp³-hybridized carbons (Fsp3) is 0.250. The van der Waals surface area contributed by atoms with Crippen LogP contribution in [0.1, 0.15) is 17.5 Å². The van der Waals surface area contributed by atoms with Crippen LogP contribution in [0.15, 0.2) is 58.8 Å². The van der Waals surface area contributed by atoms with Gasteiger partial charge in [0.25, 0.3) is 0 Å². The molecule has 2 aromatic rings. The molecule has 0 aliphatic heterocycles. The summed E-state index contributed by atoms with van der Waals surface area (Å²) in [6.07, 6.45) is -0.302. The molecule has 0 aliphatic carbocycles. The quantitative estimate of drug-likeness (QED) is 0.498. The Hall–Kier alpha value is -3.55. The molecule has 0 amide bonds. The molecule has 0 saturated heterocycles. The van der Waals surface area contributed by atoms with Crippen LogP contribution in [-0.4, -0.2) is 50.4 Å². The highest BCUT2D eigenvalue weighted by Crippen LogP contribution is 2.18. The van der Waals surface area contributed by atoms with Crippen molar-refractivity contribution >= 4 is 17.4 Å². The second-order valence-electron chi connectivity index (χ2n) is 5.58. The molecule has 2 rings (SSSR count). The van der Waals surface area contributed by atoms with E-state index in [9.17, 15) is 4.79 Å². The standard InChI is InChI=1S/C20H22N2O6/c1-25-17-8-4-14(5-9-17)20(15-6-10-18(26-2)11-7-15)22-28-13-16(21-27-3)12-19(23)24/h4-11H,12-13H2,1-3H3,(H,23,24). The largest absolute Gasteiger partial charge is 0.497 e. The number of benzene rings is 2. The lowest BCUT2D eigenvalue weighted by Gasteiger charge is -2.10. The van der Waals surface area contributed by atoms with Gasteiger partial charge in [0.05, 0.1) is 20.6 Å². The second kappa shape index (κ2) is 10.6. The van der Waals surface area contributed by atoms with E-state index in [0.717, 1.165) is 22.6 Å². The van der Waals surface area contributed by atoms with Crippen molar-refractivity contribution in [2.24, 2.45) is 10.3 Å². The van der Waals surface area contributed by atoms with Crippen LogP contribution in [0.2, 0.25) is 0 Å². The maximum absolute atomic E-state index is 10.9. The van der Waals surface area contributed by atoms with Crippen molar-refractivity contribution < 1.29 is 29.0 Å². The lowest BCUT2D eigenvalue weighted by Crippen LogP contribution is -2.14. The predicted molar refractivity (Wildman–Crippen MR) is 104 cm³/mol. The maximum atomic E-state index is 10.9. The van der Waals surface area contributed by atoms with Crippen molar-refractivity contribution in [3.63, 3.8) is 0 Å². The van der Waals surface area contributed by atoms with E-state index in [0.29, 0.717) is 5.71 Å². The summed E-state index contributed by atoms with van der Waals surface area (Å²) in [7, 11) is 4.52. The van der Waals surface area contributed by atoms with Gasteiger partial charge in [0.15, 0.2) is 6.61 Å². The summed E-state index contributed by atoms with van der Waals surface area (Å²) in [6.45, 7) is -0.115. The molecule has 0 aromatic heterocycles.